The van der Waals surface area contributed by atoms with Crippen molar-refractivity contribution in [3.8, 4) is 0 Å². The monoisotopic (exact) mass is 227 g/mol. The van der Waals surface area contributed by atoms with Crippen LogP contribution in [0.25, 0.3) is 0 Å². The van der Waals surface area contributed by atoms with E-state index < -0.39 is 0 Å². The average molecular weight is 227 g/mol. The fourth-order valence-electron chi connectivity index (χ4n) is 3.22. The van der Waals surface area contributed by atoms with E-state index in [0.29, 0.717) is 6.04 Å². The lowest BCUT2D eigenvalue weighted by molar-refractivity contribution is -0.0400. The van der Waals surface area contributed by atoms with E-state index in [1.54, 1.807) is 0 Å². The molecule has 1 aliphatic carbocycles. The van der Waals surface area contributed by atoms with Crippen molar-refractivity contribution in [2.24, 2.45) is 5.92 Å². The molecule has 0 heterocycles. The molecule has 0 aromatic rings. The van der Waals surface area contributed by atoms with Crippen molar-refractivity contribution < 1.29 is 4.74 Å². The van der Waals surface area contributed by atoms with Crippen LogP contribution in [0.15, 0.2) is 0 Å². The molecule has 0 radical (unpaired) electrons. The summed E-state index contributed by atoms with van der Waals surface area (Å²) in [4.78, 5) is 0. The van der Waals surface area contributed by atoms with Crippen LogP contribution in [-0.4, -0.2) is 25.8 Å². The zero-order valence-corrected chi connectivity index (χ0v) is 11.5. The Kier molecular flexibility index (Phi) is 5.77. The predicted molar refractivity (Wildman–Crippen MR) is 69.7 cm³/mol. The molecule has 1 atom stereocenters. The van der Waals surface area contributed by atoms with E-state index in [9.17, 15) is 0 Å². The Morgan fingerprint density at radius 2 is 1.75 bits per heavy atom. The van der Waals surface area contributed by atoms with Crippen LogP contribution >= 0.6 is 0 Å². The van der Waals surface area contributed by atoms with Gasteiger partial charge in [-0.1, -0.05) is 39.5 Å². The highest BCUT2D eigenvalue weighted by Crippen LogP contribution is 2.38. The van der Waals surface area contributed by atoms with Crippen LogP contribution < -0.4 is 5.32 Å². The number of hydrogen-bond donors (Lipinski definition) is 1. The first-order valence-electron chi connectivity index (χ1n) is 6.94. The highest BCUT2D eigenvalue weighted by molar-refractivity contribution is 4.97. The number of hydrogen-bond acceptors (Lipinski definition) is 2. The number of likely N-dealkylation sites (N-methyl/N-ethyl adjacent to an activating group) is 1. The Labute approximate surface area is 101 Å². The third-order valence-electron chi connectivity index (χ3n) is 4.56. The van der Waals surface area contributed by atoms with Gasteiger partial charge in [0, 0.05) is 13.2 Å². The normalized spacial score (nSPS) is 21.6. The predicted octanol–water partition coefficient (Wildman–Crippen LogP) is 3.36. The molecule has 0 aromatic carbocycles. The maximum absolute atomic E-state index is 5.88. The van der Waals surface area contributed by atoms with Gasteiger partial charge >= 0.3 is 0 Å². The first-order chi connectivity index (χ1) is 7.72. The highest BCUT2D eigenvalue weighted by Gasteiger charge is 2.41. The summed E-state index contributed by atoms with van der Waals surface area (Å²) in [6.07, 6.45) is 8.95. The molecule has 1 unspecified atom stereocenters. The second-order valence-electron chi connectivity index (χ2n) is 5.24. The van der Waals surface area contributed by atoms with E-state index >= 15 is 0 Å². The summed E-state index contributed by atoms with van der Waals surface area (Å²) >= 11 is 0. The van der Waals surface area contributed by atoms with E-state index in [4.69, 9.17) is 4.74 Å². The first-order valence-corrected chi connectivity index (χ1v) is 6.94. The van der Waals surface area contributed by atoms with Gasteiger partial charge in [0.25, 0.3) is 0 Å². The number of nitrogens with one attached hydrogen (secondary N) is 1. The van der Waals surface area contributed by atoms with Crippen molar-refractivity contribution in [3.63, 3.8) is 0 Å². The summed E-state index contributed by atoms with van der Waals surface area (Å²) in [6, 6.07) is 0.532. The maximum Gasteiger partial charge on any atom is 0.0830 e. The van der Waals surface area contributed by atoms with Gasteiger partial charge in [-0.25, -0.2) is 0 Å². The lowest BCUT2D eigenvalue weighted by Crippen LogP contribution is -2.50. The molecular formula is C14H29NO. The molecular weight excluding hydrogens is 198 g/mol. The van der Waals surface area contributed by atoms with Gasteiger partial charge in [-0.15, -0.1) is 0 Å². The molecule has 16 heavy (non-hydrogen) atoms. The van der Waals surface area contributed by atoms with Crippen molar-refractivity contribution in [2.45, 2.75) is 70.4 Å². The number of rotatable bonds is 7. The van der Waals surface area contributed by atoms with Gasteiger partial charge in [-0.2, -0.15) is 0 Å². The Bertz CT molecular complexity index is 183. The standard InChI is InChI=1S/C14H29NO/c1-5-12(6-2)11-13(15-3)14(16-4)9-7-8-10-14/h12-13,15H,5-11H2,1-4H3. The summed E-state index contributed by atoms with van der Waals surface area (Å²) < 4.78 is 5.88. The highest BCUT2D eigenvalue weighted by atomic mass is 16.5. The zero-order chi connectivity index (χ0) is 12.0. The van der Waals surface area contributed by atoms with E-state index in [0.717, 1.165) is 5.92 Å². The number of ether oxygens (including phenoxy) is 1. The third-order valence-corrected chi connectivity index (χ3v) is 4.56. The molecule has 0 bridgehead atoms. The van der Waals surface area contributed by atoms with Crippen LogP contribution in [0, 0.1) is 5.92 Å². The van der Waals surface area contributed by atoms with Crippen molar-refractivity contribution in [2.75, 3.05) is 14.2 Å². The van der Waals surface area contributed by atoms with Crippen molar-refractivity contribution in [1.29, 1.82) is 0 Å². The Morgan fingerprint density at radius 1 is 1.19 bits per heavy atom. The molecule has 1 N–H and O–H groups in total. The lowest BCUT2D eigenvalue weighted by Gasteiger charge is -2.38. The summed E-state index contributed by atoms with van der Waals surface area (Å²) in [5, 5.41) is 3.51. The quantitative estimate of drug-likeness (QED) is 0.720. The van der Waals surface area contributed by atoms with E-state index in [1.807, 2.05) is 7.11 Å². The summed E-state index contributed by atoms with van der Waals surface area (Å²) in [5.41, 5.74) is 0.122. The van der Waals surface area contributed by atoms with Gasteiger partial charge in [0.05, 0.1) is 5.60 Å². The zero-order valence-electron chi connectivity index (χ0n) is 11.5. The Morgan fingerprint density at radius 3 is 2.12 bits per heavy atom. The summed E-state index contributed by atoms with van der Waals surface area (Å²) in [7, 11) is 3.98. The minimum Gasteiger partial charge on any atom is -0.377 e. The van der Waals surface area contributed by atoms with Gasteiger partial charge in [-0.05, 0) is 32.2 Å². The molecule has 1 rings (SSSR count). The lowest BCUT2D eigenvalue weighted by atomic mass is 9.83. The van der Waals surface area contributed by atoms with Crippen molar-refractivity contribution in [1.82, 2.24) is 5.32 Å². The van der Waals surface area contributed by atoms with Crippen molar-refractivity contribution >= 4 is 0 Å². The molecule has 0 saturated heterocycles. The molecule has 96 valence electrons. The topological polar surface area (TPSA) is 21.3 Å². The summed E-state index contributed by atoms with van der Waals surface area (Å²) in [6.45, 7) is 4.60. The Balaban J connectivity index is 2.63. The molecule has 0 spiro atoms. The minimum atomic E-state index is 0.122. The van der Waals surface area contributed by atoms with Crippen LogP contribution in [0.2, 0.25) is 0 Å². The van der Waals surface area contributed by atoms with E-state index in [2.05, 4.69) is 26.2 Å². The summed E-state index contributed by atoms with van der Waals surface area (Å²) in [5.74, 6) is 0.838. The second-order valence-corrected chi connectivity index (χ2v) is 5.24. The van der Waals surface area contributed by atoms with E-state index in [1.165, 1.54) is 44.9 Å². The molecule has 1 aliphatic rings. The largest absolute Gasteiger partial charge is 0.377 e. The smallest absolute Gasteiger partial charge is 0.0830 e. The van der Waals surface area contributed by atoms with Crippen LogP contribution in [0.4, 0.5) is 0 Å². The van der Waals surface area contributed by atoms with Crippen molar-refractivity contribution in [3.05, 3.63) is 0 Å². The SMILES string of the molecule is CCC(CC)CC(NC)C1(OC)CCCC1. The molecule has 0 amide bonds. The van der Waals surface area contributed by atoms with Gasteiger partial charge in [0.15, 0.2) is 0 Å². The van der Waals surface area contributed by atoms with E-state index in [-0.39, 0.29) is 5.60 Å². The molecule has 0 aliphatic heterocycles. The fourth-order valence-corrected chi connectivity index (χ4v) is 3.22. The van der Waals surface area contributed by atoms with Gasteiger partial charge in [0.1, 0.15) is 0 Å². The first kappa shape index (κ1) is 14.0. The molecule has 2 nitrogen and oxygen atoms in total. The van der Waals surface area contributed by atoms with Crippen LogP contribution in [0.5, 0.6) is 0 Å². The fraction of sp³-hybridized carbons (Fsp3) is 1.00. The minimum absolute atomic E-state index is 0.122. The molecule has 1 saturated carbocycles. The van der Waals surface area contributed by atoms with Crippen LogP contribution in [0.1, 0.15) is 58.8 Å². The number of methoxy groups -OCH3 is 1. The van der Waals surface area contributed by atoms with Gasteiger partial charge in [-0.3, -0.25) is 0 Å². The average Bonchev–Trinajstić information content (AvgIpc) is 2.80. The van der Waals surface area contributed by atoms with Crippen LogP contribution in [0.3, 0.4) is 0 Å². The molecule has 2 heteroatoms. The van der Waals surface area contributed by atoms with Gasteiger partial charge < -0.3 is 10.1 Å². The second kappa shape index (κ2) is 6.61. The maximum atomic E-state index is 5.88. The van der Waals surface area contributed by atoms with Crippen LogP contribution in [-0.2, 0) is 4.74 Å². The third kappa shape index (κ3) is 2.98. The molecule has 1 fully saturated rings. The van der Waals surface area contributed by atoms with Gasteiger partial charge in [0.2, 0.25) is 0 Å². The Hall–Kier alpha value is -0.0800. The molecule has 0 aromatic heterocycles.